The van der Waals surface area contributed by atoms with Crippen LogP contribution in [0, 0.1) is 6.92 Å². The monoisotopic (exact) mass is 389 g/mol. The minimum absolute atomic E-state index is 0.370. The van der Waals surface area contributed by atoms with E-state index >= 15 is 0 Å². The van der Waals surface area contributed by atoms with Gasteiger partial charge in [0.15, 0.2) is 0 Å². The molecule has 3 aromatic rings. The Morgan fingerprint density at radius 2 is 1.68 bits per heavy atom. The molecule has 1 aromatic carbocycles. The molecule has 0 bridgehead atoms. The normalized spacial score (nSPS) is 16.2. The molecular weight excluding hydrogens is 367 g/mol. The second-order valence-electron chi connectivity index (χ2n) is 7.26. The average Bonchev–Trinajstić information content (AvgIpc) is 3.04. The van der Waals surface area contributed by atoms with Gasteiger partial charge in [0.1, 0.15) is 17.4 Å². The number of rotatable bonds is 2. The Kier molecular flexibility index (Phi) is 5.00. The molecule has 0 amide bonds. The summed E-state index contributed by atoms with van der Waals surface area (Å²) in [5, 5.41) is 0.749. The van der Waals surface area contributed by atoms with Gasteiger partial charge in [0, 0.05) is 18.7 Å². The van der Waals surface area contributed by atoms with Crippen LogP contribution in [0.1, 0.15) is 43.5 Å². The molecule has 1 aliphatic rings. The maximum absolute atomic E-state index is 13.1. The van der Waals surface area contributed by atoms with E-state index in [-0.39, 0.29) is 0 Å². The minimum Gasteiger partial charge on any atom is -0.438 e. The third-order valence-corrected chi connectivity index (χ3v) is 5.11. The Balaban J connectivity index is 1.77. The van der Waals surface area contributed by atoms with Crippen molar-refractivity contribution < 1.29 is 17.6 Å². The quantitative estimate of drug-likeness (QED) is 0.540. The van der Waals surface area contributed by atoms with E-state index in [9.17, 15) is 13.2 Å². The first-order valence-electron chi connectivity index (χ1n) is 9.62. The Morgan fingerprint density at radius 1 is 0.964 bits per heavy atom. The average molecular weight is 389 g/mol. The number of anilines is 1. The first-order valence-corrected chi connectivity index (χ1v) is 9.62. The summed E-state index contributed by atoms with van der Waals surface area (Å²) in [7, 11) is 0. The van der Waals surface area contributed by atoms with Gasteiger partial charge >= 0.3 is 6.18 Å². The Labute approximate surface area is 161 Å². The van der Waals surface area contributed by atoms with E-state index in [2.05, 4.69) is 14.9 Å². The van der Waals surface area contributed by atoms with E-state index in [1.54, 1.807) is 19.1 Å². The molecule has 1 aliphatic heterocycles. The van der Waals surface area contributed by atoms with Crippen LogP contribution in [0.5, 0.6) is 0 Å². The number of benzene rings is 1. The molecule has 1 fully saturated rings. The number of hydrogen-bond donors (Lipinski definition) is 0. The highest BCUT2D eigenvalue weighted by molar-refractivity contribution is 5.90. The highest BCUT2D eigenvalue weighted by Crippen LogP contribution is 2.36. The number of nitrogens with zero attached hydrogens (tertiary/aromatic N) is 3. The number of aromatic nitrogens is 2. The van der Waals surface area contributed by atoms with Crippen molar-refractivity contribution in [1.29, 1.82) is 0 Å². The third-order valence-electron chi connectivity index (χ3n) is 5.11. The van der Waals surface area contributed by atoms with Gasteiger partial charge in [0.05, 0.1) is 10.9 Å². The van der Waals surface area contributed by atoms with Crippen LogP contribution in [0.15, 0.2) is 34.7 Å². The molecule has 148 valence electrons. The molecule has 0 spiro atoms. The predicted octanol–water partition coefficient (Wildman–Crippen LogP) is 5.99. The number of alkyl halides is 3. The Bertz CT molecular complexity index is 973. The molecule has 2 aromatic heterocycles. The van der Waals surface area contributed by atoms with Crippen molar-refractivity contribution in [3.8, 4) is 11.3 Å². The number of halogens is 3. The van der Waals surface area contributed by atoms with Crippen molar-refractivity contribution in [2.45, 2.75) is 45.2 Å². The van der Waals surface area contributed by atoms with Crippen molar-refractivity contribution in [2.75, 3.05) is 18.0 Å². The highest BCUT2D eigenvalue weighted by atomic mass is 19.4. The fraction of sp³-hybridized carbons (Fsp3) is 0.429. The highest BCUT2D eigenvalue weighted by Gasteiger charge is 2.30. The van der Waals surface area contributed by atoms with Gasteiger partial charge in [0.25, 0.3) is 0 Å². The van der Waals surface area contributed by atoms with Crippen molar-refractivity contribution in [3.63, 3.8) is 0 Å². The summed E-state index contributed by atoms with van der Waals surface area (Å²) in [6.07, 6.45) is 1.46. The van der Waals surface area contributed by atoms with E-state index in [1.165, 1.54) is 25.3 Å². The number of hydrogen-bond acceptors (Lipinski definition) is 4. The largest absolute Gasteiger partial charge is 0.438 e. The molecule has 0 aliphatic carbocycles. The smallest absolute Gasteiger partial charge is 0.416 e. The SMILES string of the molecule is Cc1nc(N2CCCCCCC2)c2cc(-c3cccc(C(F)(F)F)c3)oc2n1. The van der Waals surface area contributed by atoms with Crippen LogP contribution in [-0.2, 0) is 6.18 Å². The van der Waals surface area contributed by atoms with E-state index < -0.39 is 11.7 Å². The number of aryl methyl sites for hydroxylation is 1. The van der Waals surface area contributed by atoms with Gasteiger partial charge in [-0.25, -0.2) is 4.98 Å². The standard InChI is InChI=1S/C21H22F3N3O/c1-14-25-19(27-10-5-3-2-4-6-11-27)17-13-18(28-20(17)26-14)15-8-7-9-16(12-15)21(22,23)24/h7-9,12-13H,2-6,10-11H2,1H3. The Hall–Kier alpha value is -2.57. The van der Waals surface area contributed by atoms with Gasteiger partial charge in [-0.2, -0.15) is 18.2 Å². The van der Waals surface area contributed by atoms with Gasteiger partial charge < -0.3 is 9.32 Å². The summed E-state index contributed by atoms with van der Waals surface area (Å²) < 4.78 is 45.0. The lowest BCUT2D eigenvalue weighted by Gasteiger charge is -2.26. The molecule has 1 saturated heterocycles. The van der Waals surface area contributed by atoms with E-state index in [4.69, 9.17) is 4.42 Å². The summed E-state index contributed by atoms with van der Waals surface area (Å²) >= 11 is 0. The van der Waals surface area contributed by atoms with Crippen LogP contribution >= 0.6 is 0 Å². The zero-order valence-corrected chi connectivity index (χ0v) is 15.7. The molecule has 0 radical (unpaired) electrons. The van der Waals surface area contributed by atoms with Crippen molar-refractivity contribution in [2.24, 2.45) is 0 Å². The summed E-state index contributed by atoms with van der Waals surface area (Å²) in [5.74, 6) is 1.77. The summed E-state index contributed by atoms with van der Waals surface area (Å²) in [5.41, 5.74) is 0.0952. The first-order chi connectivity index (χ1) is 13.4. The van der Waals surface area contributed by atoms with Gasteiger partial charge in [0.2, 0.25) is 5.71 Å². The number of furan rings is 1. The van der Waals surface area contributed by atoms with Crippen LogP contribution in [0.2, 0.25) is 0 Å². The first kappa shape index (κ1) is 18.8. The third kappa shape index (κ3) is 3.84. The van der Waals surface area contributed by atoms with Crippen molar-refractivity contribution >= 4 is 16.9 Å². The van der Waals surface area contributed by atoms with Gasteiger partial charge in [-0.05, 0) is 38.0 Å². The molecule has 0 unspecified atom stereocenters. The minimum atomic E-state index is -4.39. The molecule has 0 atom stereocenters. The van der Waals surface area contributed by atoms with Crippen LogP contribution in [0.25, 0.3) is 22.4 Å². The van der Waals surface area contributed by atoms with Gasteiger partial charge in [-0.15, -0.1) is 0 Å². The second kappa shape index (κ2) is 7.45. The maximum atomic E-state index is 13.1. The van der Waals surface area contributed by atoms with Gasteiger partial charge in [-0.1, -0.05) is 31.4 Å². The zero-order valence-electron chi connectivity index (χ0n) is 15.7. The Morgan fingerprint density at radius 3 is 2.39 bits per heavy atom. The molecule has 4 rings (SSSR count). The molecule has 0 saturated carbocycles. The molecule has 3 heterocycles. The fourth-order valence-electron chi connectivity index (χ4n) is 3.70. The summed E-state index contributed by atoms with van der Waals surface area (Å²) in [6, 6.07) is 6.93. The van der Waals surface area contributed by atoms with Crippen LogP contribution in [-0.4, -0.2) is 23.1 Å². The van der Waals surface area contributed by atoms with Crippen molar-refractivity contribution in [3.05, 3.63) is 41.7 Å². The van der Waals surface area contributed by atoms with E-state index in [1.807, 2.05) is 0 Å². The second-order valence-corrected chi connectivity index (χ2v) is 7.26. The van der Waals surface area contributed by atoms with Crippen molar-refractivity contribution in [1.82, 2.24) is 9.97 Å². The fourth-order valence-corrected chi connectivity index (χ4v) is 3.70. The molecule has 7 heteroatoms. The zero-order chi connectivity index (χ0) is 19.7. The number of fused-ring (bicyclic) bond motifs is 1. The van der Waals surface area contributed by atoms with Crippen LogP contribution < -0.4 is 4.90 Å². The lowest BCUT2D eigenvalue weighted by Crippen LogP contribution is -2.28. The molecular formula is C21H22F3N3O. The van der Waals surface area contributed by atoms with Gasteiger partial charge in [-0.3, -0.25) is 0 Å². The molecule has 0 N–H and O–H groups in total. The lowest BCUT2D eigenvalue weighted by molar-refractivity contribution is -0.137. The molecule has 4 nitrogen and oxygen atoms in total. The lowest BCUT2D eigenvalue weighted by atomic mass is 10.1. The molecule has 28 heavy (non-hydrogen) atoms. The van der Waals surface area contributed by atoms with Crippen LogP contribution in [0.4, 0.5) is 19.0 Å². The van der Waals surface area contributed by atoms with E-state index in [0.717, 1.165) is 49.3 Å². The topological polar surface area (TPSA) is 42.2 Å². The summed E-state index contributed by atoms with van der Waals surface area (Å²) in [6.45, 7) is 3.63. The maximum Gasteiger partial charge on any atom is 0.416 e. The summed E-state index contributed by atoms with van der Waals surface area (Å²) in [4.78, 5) is 11.3. The van der Waals surface area contributed by atoms with E-state index in [0.29, 0.717) is 22.9 Å². The predicted molar refractivity (Wildman–Crippen MR) is 102 cm³/mol. The van der Waals surface area contributed by atoms with Crippen LogP contribution in [0.3, 0.4) is 0 Å².